The van der Waals surface area contributed by atoms with Gasteiger partial charge in [0.2, 0.25) is 0 Å². The summed E-state index contributed by atoms with van der Waals surface area (Å²) in [6, 6.07) is 5.34. The normalized spacial score (nSPS) is 11.4. The molecule has 1 rings (SSSR count). The Balaban J connectivity index is 2.97. The standard InChI is InChI=1S/C13H18ClN3O/c1-3-6-16-13(18)10-5-4-9(2)11(7-10)17-12(15)8-14/h4-5,7H,3,6,8H2,1-2H3,(H2,15,17)(H,16,18). The van der Waals surface area contributed by atoms with Crippen molar-refractivity contribution in [3.05, 3.63) is 29.3 Å². The Hall–Kier alpha value is -1.55. The van der Waals surface area contributed by atoms with Crippen LogP contribution in [-0.4, -0.2) is 24.2 Å². The molecule has 0 aliphatic carbocycles. The van der Waals surface area contributed by atoms with Gasteiger partial charge in [0.15, 0.2) is 0 Å². The number of benzene rings is 1. The molecule has 18 heavy (non-hydrogen) atoms. The summed E-state index contributed by atoms with van der Waals surface area (Å²) in [5.41, 5.74) is 7.81. The van der Waals surface area contributed by atoms with Crippen LogP contribution in [0, 0.1) is 6.92 Å². The van der Waals surface area contributed by atoms with Crippen molar-refractivity contribution in [2.45, 2.75) is 20.3 Å². The first-order chi connectivity index (χ1) is 8.58. The lowest BCUT2D eigenvalue weighted by atomic mass is 10.1. The number of nitrogens with zero attached hydrogens (tertiary/aromatic N) is 1. The number of hydrogen-bond acceptors (Lipinski definition) is 2. The van der Waals surface area contributed by atoms with Gasteiger partial charge < -0.3 is 11.1 Å². The van der Waals surface area contributed by atoms with Crippen LogP contribution in [0.3, 0.4) is 0 Å². The molecule has 3 N–H and O–H groups in total. The fraction of sp³-hybridized carbons (Fsp3) is 0.385. The summed E-state index contributed by atoms with van der Waals surface area (Å²) in [5.74, 6) is 0.412. The predicted octanol–water partition coefficient (Wildman–Crippen LogP) is 2.36. The van der Waals surface area contributed by atoms with Crippen LogP contribution in [0.5, 0.6) is 0 Å². The molecular formula is C13H18ClN3O. The van der Waals surface area contributed by atoms with E-state index in [1.54, 1.807) is 12.1 Å². The highest BCUT2D eigenvalue weighted by Gasteiger charge is 2.07. The third kappa shape index (κ3) is 4.04. The summed E-state index contributed by atoms with van der Waals surface area (Å²) in [7, 11) is 0. The van der Waals surface area contributed by atoms with Crippen LogP contribution in [0.2, 0.25) is 0 Å². The van der Waals surface area contributed by atoms with Crippen LogP contribution in [-0.2, 0) is 0 Å². The second-order valence-corrected chi connectivity index (χ2v) is 4.26. The number of carbonyl (C=O) groups excluding carboxylic acids is 1. The van der Waals surface area contributed by atoms with Gasteiger partial charge in [-0.1, -0.05) is 13.0 Å². The van der Waals surface area contributed by atoms with Crippen LogP contribution < -0.4 is 11.1 Å². The molecule has 0 heterocycles. The van der Waals surface area contributed by atoms with E-state index in [-0.39, 0.29) is 11.8 Å². The minimum absolute atomic E-state index is 0.0993. The van der Waals surface area contributed by atoms with E-state index in [9.17, 15) is 4.79 Å². The van der Waals surface area contributed by atoms with Gasteiger partial charge in [0.1, 0.15) is 5.84 Å². The molecule has 1 amide bonds. The third-order valence-electron chi connectivity index (χ3n) is 2.41. The smallest absolute Gasteiger partial charge is 0.251 e. The molecule has 0 spiro atoms. The minimum Gasteiger partial charge on any atom is -0.386 e. The molecular weight excluding hydrogens is 250 g/mol. The lowest BCUT2D eigenvalue weighted by Gasteiger charge is -2.06. The molecule has 1 aromatic rings. The summed E-state index contributed by atoms with van der Waals surface area (Å²) < 4.78 is 0. The van der Waals surface area contributed by atoms with E-state index >= 15 is 0 Å². The maximum Gasteiger partial charge on any atom is 0.251 e. The third-order valence-corrected chi connectivity index (χ3v) is 2.68. The van der Waals surface area contributed by atoms with Crippen molar-refractivity contribution in [1.29, 1.82) is 0 Å². The van der Waals surface area contributed by atoms with E-state index in [4.69, 9.17) is 17.3 Å². The Morgan fingerprint density at radius 2 is 2.22 bits per heavy atom. The van der Waals surface area contributed by atoms with Crippen LogP contribution in [0.15, 0.2) is 23.2 Å². The molecule has 0 aromatic heterocycles. The minimum atomic E-state index is -0.0993. The zero-order chi connectivity index (χ0) is 13.5. The lowest BCUT2D eigenvalue weighted by molar-refractivity contribution is 0.0953. The Morgan fingerprint density at radius 1 is 1.50 bits per heavy atom. The zero-order valence-electron chi connectivity index (χ0n) is 10.7. The summed E-state index contributed by atoms with van der Waals surface area (Å²) in [6.45, 7) is 4.58. The number of nitrogens with two attached hydrogens (primary N) is 1. The van der Waals surface area contributed by atoms with E-state index in [1.807, 2.05) is 19.9 Å². The number of amides is 1. The van der Waals surface area contributed by atoms with Crippen molar-refractivity contribution in [3.8, 4) is 0 Å². The monoisotopic (exact) mass is 267 g/mol. The van der Waals surface area contributed by atoms with Crippen LogP contribution in [0.1, 0.15) is 29.3 Å². The van der Waals surface area contributed by atoms with Gasteiger partial charge in [0.25, 0.3) is 5.91 Å². The van der Waals surface area contributed by atoms with Gasteiger partial charge in [-0.15, -0.1) is 11.6 Å². The number of nitrogens with one attached hydrogen (secondary N) is 1. The molecule has 0 saturated carbocycles. The van der Waals surface area contributed by atoms with Crippen LogP contribution >= 0.6 is 11.6 Å². The number of halogens is 1. The Morgan fingerprint density at radius 3 is 2.83 bits per heavy atom. The maximum absolute atomic E-state index is 11.8. The Bertz CT molecular complexity index is 458. The van der Waals surface area contributed by atoms with Crippen molar-refractivity contribution in [2.75, 3.05) is 12.4 Å². The molecule has 1 aromatic carbocycles. The van der Waals surface area contributed by atoms with Crippen molar-refractivity contribution in [2.24, 2.45) is 10.7 Å². The van der Waals surface area contributed by atoms with Crippen molar-refractivity contribution in [3.63, 3.8) is 0 Å². The predicted molar refractivity (Wildman–Crippen MR) is 75.8 cm³/mol. The number of amidine groups is 1. The summed E-state index contributed by atoms with van der Waals surface area (Å²) in [5, 5.41) is 2.82. The molecule has 0 fully saturated rings. The highest BCUT2D eigenvalue weighted by molar-refractivity contribution is 6.28. The second kappa shape index (κ2) is 7.01. The number of rotatable bonds is 5. The van der Waals surface area contributed by atoms with Crippen molar-refractivity contribution < 1.29 is 4.79 Å². The SMILES string of the molecule is CCCNC(=O)c1ccc(C)c(N=C(N)CCl)c1. The molecule has 0 saturated heterocycles. The Labute approximate surface area is 112 Å². The van der Waals surface area contributed by atoms with Gasteiger partial charge in [0.05, 0.1) is 11.6 Å². The van der Waals surface area contributed by atoms with E-state index in [1.165, 1.54) is 0 Å². The molecule has 0 aliphatic rings. The van der Waals surface area contributed by atoms with Crippen molar-refractivity contribution >= 4 is 29.0 Å². The topological polar surface area (TPSA) is 67.5 Å². The van der Waals surface area contributed by atoms with E-state index in [0.29, 0.717) is 23.6 Å². The van der Waals surface area contributed by atoms with E-state index in [0.717, 1.165) is 12.0 Å². The van der Waals surface area contributed by atoms with Gasteiger partial charge in [-0.2, -0.15) is 0 Å². The molecule has 0 aliphatic heterocycles. The summed E-state index contributed by atoms with van der Waals surface area (Å²) in [6.07, 6.45) is 0.905. The molecule has 0 radical (unpaired) electrons. The molecule has 5 heteroatoms. The number of aryl methyl sites for hydroxylation is 1. The number of aliphatic imine (C=N–C) groups is 1. The van der Waals surface area contributed by atoms with Gasteiger partial charge in [0, 0.05) is 12.1 Å². The van der Waals surface area contributed by atoms with Gasteiger partial charge >= 0.3 is 0 Å². The van der Waals surface area contributed by atoms with E-state index in [2.05, 4.69) is 10.3 Å². The van der Waals surface area contributed by atoms with Crippen molar-refractivity contribution in [1.82, 2.24) is 5.32 Å². The molecule has 98 valence electrons. The average molecular weight is 268 g/mol. The van der Waals surface area contributed by atoms with Gasteiger partial charge in [-0.05, 0) is 31.0 Å². The Kier molecular flexibility index (Phi) is 5.65. The van der Waals surface area contributed by atoms with Crippen LogP contribution in [0.4, 0.5) is 5.69 Å². The number of hydrogen-bond donors (Lipinski definition) is 2. The maximum atomic E-state index is 11.8. The lowest BCUT2D eigenvalue weighted by Crippen LogP contribution is -2.23. The highest BCUT2D eigenvalue weighted by atomic mass is 35.5. The van der Waals surface area contributed by atoms with Gasteiger partial charge in [-0.3, -0.25) is 4.79 Å². The molecule has 0 bridgehead atoms. The quantitative estimate of drug-likeness (QED) is 0.489. The molecule has 0 unspecified atom stereocenters. The van der Waals surface area contributed by atoms with E-state index < -0.39 is 0 Å². The number of carbonyl (C=O) groups is 1. The highest BCUT2D eigenvalue weighted by Crippen LogP contribution is 2.20. The largest absolute Gasteiger partial charge is 0.386 e. The van der Waals surface area contributed by atoms with Gasteiger partial charge in [-0.25, -0.2) is 4.99 Å². The average Bonchev–Trinajstić information content (AvgIpc) is 2.38. The fourth-order valence-electron chi connectivity index (χ4n) is 1.40. The van der Waals surface area contributed by atoms with Crippen LogP contribution in [0.25, 0.3) is 0 Å². The molecule has 4 nitrogen and oxygen atoms in total. The first-order valence-corrected chi connectivity index (χ1v) is 6.39. The number of alkyl halides is 1. The summed E-state index contributed by atoms with van der Waals surface area (Å²) >= 11 is 5.59. The first kappa shape index (κ1) is 14.5. The first-order valence-electron chi connectivity index (χ1n) is 5.86. The zero-order valence-corrected chi connectivity index (χ0v) is 11.4. The second-order valence-electron chi connectivity index (χ2n) is 3.99. The molecule has 0 atom stereocenters. The fourth-order valence-corrected chi connectivity index (χ4v) is 1.46. The summed E-state index contributed by atoms with van der Waals surface area (Å²) in [4.78, 5) is 16.0.